The zero-order chi connectivity index (χ0) is 8.27. The van der Waals surface area contributed by atoms with E-state index in [1.165, 1.54) is 6.92 Å². The van der Waals surface area contributed by atoms with Crippen molar-refractivity contribution in [3.05, 3.63) is 29.3 Å². The molecule has 11 heavy (non-hydrogen) atoms. The van der Waals surface area contributed by atoms with Gasteiger partial charge in [-0.3, -0.25) is 4.79 Å². The van der Waals surface area contributed by atoms with Crippen LogP contribution in [0.1, 0.15) is 6.92 Å². The van der Waals surface area contributed by atoms with Gasteiger partial charge >= 0.3 is 0 Å². The molecule has 1 aromatic rings. The molecular formula is C8H8ClNO. The second-order valence-corrected chi connectivity index (χ2v) is 2.63. The standard InChI is InChI=1S/C8H8ClNO/c1-6(11)10-8-4-2-3-7(9)5-8/h2-5H,1H3,(H,10,11)/i2+2,3+2,4+2,5+2,7+2,8+2. The lowest BCUT2D eigenvalue weighted by Gasteiger charge is -2.00. The Bertz CT molecular complexity index is 273. The summed E-state index contributed by atoms with van der Waals surface area (Å²) >= 11 is 5.68. The quantitative estimate of drug-likeness (QED) is 0.708. The molecule has 3 heteroatoms. The molecule has 0 aliphatic rings. The zero-order valence-corrected chi connectivity index (χ0v) is 6.85. The van der Waals surface area contributed by atoms with Crippen molar-refractivity contribution in [2.45, 2.75) is 6.92 Å². The van der Waals surface area contributed by atoms with Crippen molar-refractivity contribution in [3.63, 3.8) is 0 Å². The highest BCUT2D eigenvalue weighted by Gasteiger charge is 1.94. The van der Waals surface area contributed by atoms with E-state index in [0.29, 0.717) is 5.02 Å². The molecule has 0 saturated heterocycles. The zero-order valence-electron chi connectivity index (χ0n) is 6.10. The Hall–Kier alpha value is -1.02. The van der Waals surface area contributed by atoms with E-state index in [1.54, 1.807) is 24.3 Å². The first kappa shape index (κ1) is 8.08. The molecule has 1 amide bonds. The third-order valence-corrected chi connectivity index (χ3v) is 1.38. The molecule has 0 aliphatic heterocycles. The molecule has 2 nitrogen and oxygen atoms in total. The van der Waals surface area contributed by atoms with Gasteiger partial charge in [-0.1, -0.05) is 17.7 Å². The average Bonchev–Trinajstić information content (AvgIpc) is 1.85. The van der Waals surface area contributed by atoms with Gasteiger partial charge in [0.05, 0.1) is 0 Å². The van der Waals surface area contributed by atoms with Crippen LogP contribution in [-0.2, 0) is 4.79 Å². The summed E-state index contributed by atoms with van der Waals surface area (Å²) in [6.07, 6.45) is 0. The Morgan fingerprint density at radius 2 is 2.27 bits per heavy atom. The number of anilines is 1. The van der Waals surface area contributed by atoms with Gasteiger partial charge in [0.25, 0.3) is 0 Å². The Balaban J connectivity index is 2.79. The van der Waals surface area contributed by atoms with E-state index < -0.39 is 0 Å². The van der Waals surface area contributed by atoms with E-state index in [0.717, 1.165) is 5.69 Å². The van der Waals surface area contributed by atoms with Gasteiger partial charge in [-0.2, -0.15) is 0 Å². The molecule has 0 aliphatic carbocycles. The molecule has 0 atom stereocenters. The molecule has 0 aromatic heterocycles. The van der Waals surface area contributed by atoms with Crippen LogP contribution in [-0.4, -0.2) is 5.91 Å². The highest BCUT2D eigenvalue weighted by molar-refractivity contribution is 6.30. The Labute approximate surface area is 70.2 Å². The van der Waals surface area contributed by atoms with E-state index >= 15 is 0 Å². The number of hydrogen-bond donors (Lipinski definition) is 1. The fourth-order valence-corrected chi connectivity index (χ4v) is 0.960. The summed E-state index contributed by atoms with van der Waals surface area (Å²) in [7, 11) is 0. The normalized spacial score (nSPS) is 9.27. The van der Waals surface area contributed by atoms with Crippen molar-refractivity contribution in [2.75, 3.05) is 5.32 Å². The summed E-state index contributed by atoms with van der Waals surface area (Å²) in [5, 5.41) is 3.24. The Morgan fingerprint density at radius 3 is 2.82 bits per heavy atom. The van der Waals surface area contributed by atoms with E-state index in [4.69, 9.17) is 11.6 Å². The number of carbonyl (C=O) groups is 1. The van der Waals surface area contributed by atoms with Crippen LogP contribution >= 0.6 is 11.6 Å². The number of rotatable bonds is 1. The molecule has 0 heterocycles. The van der Waals surface area contributed by atoms with E-state index in [2.05, 4.69) is 5.32 Å². The van der Waals surface area contributed by atoms with Crippen LogP contribution in [0, 0.1) is 0 Å². The summed E-state index contributed by atoms with van der Waals surface area (Å²) in [5.74, 6) is -0.0905. The minimum atomic E-state index is -0.0905. The first-order valence-corrected chi connectivity index (χ1v) is 3.59. The van der Waals surface area contributed by atoms with Crippen LogP contribution in [0.3, 0.4) is 0 Å². The molecule has 1 aromatic carbocycles. The third-order valence-electron chi connectivity index (χ3n) is 1.14. The Kier molecular flexibility index (Phi) is 2.49. The first-order valence-electron chi connectivity index (χ1n) is 3.21. The topological polar surface area (TPSA) is 29.1 Å². The van der Waals surface area contributed by atoms with Crippen LogP contribution in [0.4, 0.5) is 5.69 Å². The molecule has 0 bridgehead atoms. The molecule has 58 valence electrons. The molecule has 0 saturated carbocycles. The van der Waals surface area contributed by atoms with Crippen molar-refractivity contribution >= 4 is 23.2 Å². The van der Waals surface area contributed by atoms with Gasteiger partial charge in [0.1, 0.15) is 0 Å². The van der Waals surface area contributed by atoms with Crippen molar-refractivity contribution in [1.29, 1.82) is 0 Å². The van der Waals surface area contributed by atoms with Crippen molar-refractivity contribution in [3.8, 4) is 0 Å². The van der Waals surface area contributed by atoms with Gasteiger partial charge in [0.15, 0.2) is 0 Å². The predicted octanol–water partition coefficient (Wildman–Crippen LogP) is 2.30. The molecule has 0 unspecified atom stereocenters. The number of nitrogens with one attached hydrogen (secondary N) is 1. The number of carbonyl (C=O) groups excluding carboxylic acids is 1. The van der Waals surface area contributed by atoms with E-state index in [1.807, 2.05) is 0 Å². The predicted molar refractivity (Wildman–Crippen MR) is 45.8 cm³/mol. The summed E-state index contributed by atoms with van der Waals surface area (Å²) in [4.78, 5) is 10.6. The van der Waals surface area contributed by atoms with Gasteiger partial charge in [0, 0.05) is 17.6 Å². The van der Waals surface area contributed by atoms with Gasteiger partial charge in [-0.15, -0.1) is 0 Å². The minimum absolute atomic E-state index is 0.0905. The van der Waals surface area contributed by atoms with E-state index in [-0.39, 0.29) is 5.91 Å². The van der Waals surface area contributed by atoms with Crippen LogP contribution in [0.15, 0.2) is 24.3 Å². The monoisotopic (exact) mass is 181 g/mol. The molecule has 0 spiro atoms. The van der Waals surface area contributed by atoms with Crippen molar-refractivity contribution < 1.29 is 4.79 Å². The lowest BCUT2D eigenvalue weighted by atomic mass is 10.8. The second kappa shape index (κ2) is 3.39. The highest BCUT2D eigenvalue weighted by atomic mass is 35.5. The minimum Gasteiger partial charge on any atom is -0.326 e. The fourth-order valence-electron chi connectivity index (χ4n) is 0.769. The third kappa shape index (κ3) is 2.60. The molecule has 1 N–H and O–H groups in total. The smallest absolute Gasteiger partial charge is 0.221 e. The van der Waals surface area contributed by atoms with Gasteiger partial charge in [-0.05, 0) is 18.2 Å². The van der Waals surface area contributed by atoms with Gasteiger partial charge in [-0.25, -0.2) is 0 Å². The van der Waals surface area contributed by atoms with Crippen molar-refractivity contribution in [2.24, 2.45) is 0 Å². The van der Waals surface area contributed by atoms with Crippen LogP contribution < -0.4 is 5.32 Å². The Morgan fingerprint density at radius 1 is 1.55 bits per heavy atom. The van der Waals surface area contributed by atoms with Crippen LogP contribution in [0.25, 0.3) is 0 Å². The van der Waals surface area contributed by atoms with E-state index in [9.17, 15) is 4.79 Å². The van der Waals surface area contributed by atoms with Crippen LogP contribution in [0.2, 0.25) is 5.02 Å². The molecule has 1 rings (SSSR count). The lowest BCUT2D eigenvalue weighted by molar-refractivity contribution is -0.114. The SMILES string of the molecule is CC(=O)N[14c]1[14cH][14cH][14cH][14c](Cl)[14cH]1. The summed E-state index contributed by atoms with van der Waals surface area (Å²) in [5.41, 5.74) is 0.727. The summed E-state index contributed by atoms with van der Waals surface area (Å²) in [6.45, 7) is 1.46. The first-order chi connectivity index (χ1) is 5.18. The van der Waals surface area contributed by atoms with Gasteiger partial charge in [0.2, 0.25) is 5.91 Å². The summed E-state index contributed by atoms with van der Waals surface area (Å²) < 4.78 is 0. The maximum atomic E-state index is 10.6. The molecular weight excluding hydrogens is 174 g/mol. The number of amides is 1. The average molecular weight is 182 g/mol. The number of halogens is 1. The lowest BCUT2D eigenvalue weighted by Crippen LogP contribution is -2.05. The maximum Gasteiger partial charge on any atom is 0.221 e. The number of benzene rings is 1. The van der Waals surface area contributed by atoms with Gasteiger partial charge < -0.3 is 5.32 Å². The number of hydrogen-bond acceptors (Lipinski definition) is 1. The second-order valence-electron chi connectivity index (χ2n) is 2.19. The molecule has 0 radical (unpaired) electrons. The van der Waals surface area contributed by atoms with Crippen LogP contribution in [0.5, 0.6) is 0 Å². The van der Waals surface area contributed by atoms with Crippen molar-refractivity contribution in [1.82, 2.24) is 0 Å². The molecule has 0 fully saturated rings. The highest BCUT2D eigenvalue weighted by Crippen LogP contribution is 2.14. The maximum absolute atomic E-state index is 10.6. The fraction of sp³-hybridized carbons (Fsp3) is 0.125. The summed E-state index contributed by atoms with van der Waals surface area (Å²) in [6, 6.07) is 7.02. The largest absolute Gasteiger partial charge is 0.326 e.